The summed E-state index contributed by atoms with van der Waals surface area (Å²) >= 11 is 0. The second-order valence-electron chi connectivity index (χ2n) is 6.55. The van der Waals surface area contributed by atoms with Crippen molar-refractivity contribution in [3.63, 3.8) is 0 Å². The lowest BCUT2D eigenvalue weighted by atomic mass is 10.00. The highest BCUT2D eigenvalue weighted by atomic mass is 16.5. The first-order valence-electron chi connectivity index (χ1n) is 9.33. The number of nitrogens with zero attached hydrogens (tertiary/aromatic N) is 1. The van der Waals surface area contributed by atoms with Crippen LogP contribution in [0.1, 0.15) is 31.4 Å². The van der Waals surface area contributed by atoms with Crippen LogP contribution in [0.25, 0.3) is 6.08 Å². The number of carboxylic acids is 1. The first-order chi connectivity index (χ1) is 13.9. The molecule has 0 heterocycles. The Labute approximate surface area is 170 Å². The molecule has 6 heteroatoms. The van der Waals surface area contributed by atoms with Crippen LogP contribution < -0.4 is 9.47 Å². The number of carboxylic acid groups (broad SMARTS) is 1. The maximum Gasteiger partial charge on any atom is 0.336 e. The van der Waals surface area contributed by atoms with Gasteiger partial charge in [0, 0.05) is 12.3 Å². The summed E-state index contributed by atoms with van der Waals surface area (Å²) in [6.07, 6.45) is 5.24. The van der Waals surface area contributed by atoms with E-state index in [4.69, 9.17) is 9.47 Å². The SMILES string of the molecule is CCC(C)C(N=Cc1ccc(OC(=O)/C=C/c2cccc(OC)c2)cc1)C(=O)O. The van der Waals surface area contributed by atoms with Crippen molar-refractivity contribution in [2.24, 2.45) is 10.9 Å². The first-order valence-corrected chi connectivity index (χ1v) is 9.33. The zero-order valence-corrected chi connectivity index (χ0v) is 16.7. The molecular formula is C23H25NO5. The largest absolute Gasteiger partial charge is 0.497 e. The van der Waals surface area contributed by atoms with Gasteiger partial charge in [-0.05, 0) is 59.5 Å². The lowest BCUT2D eigenvalue weighted by Crippen LogP contribution is -2.25. The average molecular weight is 395 g/mol. The van der Waals surface area contributed by atoms with E-state index in [0.29, 0.717) is 11.5 Å². The Kier molecular flexibility index (Phi) is 8.15. The predicted molar refractivity (Wildman–Crippen MR) is 113 cm³/mol. The van der Waals surface area contributed by atoms with Crippen LogP contribution >= 0.6 is 0 Å². The Hall–Kier alpha value is -3.41. The molecule has 0 aliphatic heterocycles. The van der Waals surface area contributed by atoms with E-state index >= 15 is 0 Å². The van der Waals surface area contributed by atoms with Crippen molar-refractivity contribution < 1.29 is 24.2 Å². The first kappa shape index (κ1) is 21.9. The summed E-state index contributed by atoms with van der Waals surface area (Å²) in [5, 5.41) is 9.27. The molecule has 0 radical (unpaired) electrons. The topological polar surface area (TPSA) is 85.2 Å². The Balaban J connectivity index is 1.97. The van der Waals surface area contributed by atoms with Crippen LogP contribution in [0.15, 0.2) is 59.6 Å². The van der Waals surface area contributed by atoms with Crippen molar-refractivity contribution in [2.75, 3.05) is 7.11 Å². The lowest BCUT2D eigenvalue weighted by molar-refractivity contribution is -0.139. The van der Waals surface area contributed by atoms with E-state index in [-0.39, 0.29) is 5.92 Å². The predicted octanol–water partition coefficient (Wildman–Crippen LogP) is 4.23. The zero-order valence-electron chi connectivity index (χ0n) is 16.7. The number of aliphatic imine (C=N–C) groups is 1. The third-order valence-electron chi connectivity index (χ3n) is 4.42. The molecule has 2 rings (SSSR count). The van der Waals surface area contributed by atoms with Gasteiger partial charge in [0.1, 0.15) is 17.5 Å². The maximum absolute atomic E-state index is 12.0. The number of aliphatic carboxylic acids is 1. The number of carbonyl (C=O) groups excluding carboxylic acids is 1. The van der Waals surface area contributed by atoms with Crippen molar-refractivity contribution in [1.29, 1.82) is 0 Å². The highest BCUT2D eigenvalue weighted by Gasteiger charge is 2.21. The molecule has 0 saturated heterocycles. The van der Waals surface area contributed by atoms with Gasteiger partial charge in [-0.25, -0.2) is 9.59 Å². The maximum atomic E-state index is 12.0. The monoisotopic (exact) mass is 395 g/mol. The van der Waals surface area contributed by atoms with Crippen LogP contribution in [0.2, 0.25) is 0 Å². The summed E-state index contributed by atoms with van der Waals surface area (Å²) in [6.45, 7) is 3.79. The molecule has 0 aliphatic rings. The summed E-state index contributed by atoms with van der Waals surface area (Å²) in [7, 11) is 1.58. The van der Waals surface area contributed by atoms with Crippen LogP contribution in [0.4, 0.5) is 0 Å². The number of hydrogen-bond acceptors (Lipinski definition) is 5. The number of hydrogen-bond donors (Lipinski definition) is 1. The summed E-state index contributed by atoms with van der Waals surface area (Å²) in [5.74, 6) is -0.406. The van der Waals surface area contributed by atoms with Crippen molar-refractivity contribution in [1.82, 2.24) is 0 Å². The van der Waals surface area contributed by atoms with Gasteiger partial charge in [0.15, 0.2) is 0 Å². The van der Waals surface area contributed by atoms with Crippen LogP contribution in [-0.4, -0.2) is 36.4 Å². The van der Waals surface area contributed by atoms with Gasteiger partial charge in [-0.3, -0.25) is 4.99 Å². The highest BCUT2D eigenvalue weighted by molar-refractivity contribution is 5.89. The van der Waals surface area contributed by atoms with Gasteiger partial charge in [-0.1, -0.05) is 32.4 Å². The smallest absolute Gasteiger partial charge is 0.336 e. The number of ether oxygens (including phenoxy) is 2. The van der Waals surface area contributed by atoms with Gasteiger partial charge in [0.25, 0.3) is 0 Å². The molecule has 0 fully saturated rings. The Morgan fingerprint density at radius 3 is 2.45 bits per heavy atom. The second-order valence-corrected chi connectivity index (χ2v) is 6.55. The highest BCUT2D eigenvalue weighted by Crippen LogP contribution is 2.16. The molecule has 0 spiro atoms. The second kappa shape index (κ2) is 10.8. The molecule has 0 saturated carbocycles. The van der Waals surface area contributed by atoms with Crippen molar-refractivity contribution in [3.05, 3.63) is 65.7 Å². The molecule has 0 amide bonds. The minimum atomic E-state index is -0.941. The van der Waals surface area contributed by atoms with Crippen molar-refractivity contribution >= 4 is 24.2 Å². The quantitative estimate of drug-likeness (QED) is 0.297. The minimum Gasteiger partial charge on any atom is -0.497 e. The normalized spacial score (nSPS) is 13.3. The fourth-order valence-electron chi connectivity index (χ4n) is 2.53. The van der Waals surface area contributed by atoms with E-state index in [1.807, 2.05) is 38.1 Å². The molecule has 0 aliphatic carbocycles. The van der Waals surface area contributed by atoms with Gasteiger partial charge in [-0.15, -0.1) is 0 Å². The van der Waals surface area contributed by atoms with Crippen molar-refractivity contribution in [2.45, 2.75) is 26.3 Å². The Morgan fingerprint density at radius 1 is 1.10 bits per heavy atom. The molecule has 152 valence electrons. The van der Waals surface area contributed by atoms with Gasteiger partial charge in [0.2, 0.25) is 0 Å². The number of esters is 1. The molecule has 2 unspecified atom stereocenters. The van der Waals surface area contributed by atoms with E-state index in [2.05, 4.69) is 4.99 Å². The summed E-state index contributed by atoms with van der Waals surface area (Å²) in [5.41, 5.74) is 1.55. The van der Waals surface area contributed by atoms with Gasteiger partial charge in [-0.2, -0.15) is 0 Å². The molecule has 6 nitrogen and oxygen atoms in total. The van der Waals surface area contributed by atoms with Gasteiger partial charge < -0.3 is 14.6 Å². The zero-order chi connectivity index (χ0) is 21.2. The van der Waals surface area contributed by atoms with Gasteiger partial charge in [0.05, 0.1) is 7.11 Å². The molecule has 29 heavy (non-hydrogen) atoms. The number of rotatable bonds is 9. The van der Waals surface area contributed by atoms with E-state index in [9.17, 15) is 14.7 Å². The molecule has 0 aromatic heterocycles. The summed E-state index contributed by atoms with van der Waals surface area (Å²) in [4.78, 5) is 27.5. The lowest BCUT2D eigenvalue weighted by Gasteiger charge is -2.13. The summed E-state index contributed by atoms with van der Waals surface area (Å²) in [6, 6.07) is 13.2. The van der Waals surface area contributed by atoms with Crippen LogP contribution in [-0.2, 0) is 9.59 Å². The van der Waals surface area contributed by atoms with E-state index in [1.165, 1.54) is 12.3 Å². The third kappa shape index (κ3) is 6.92. The summed E-state index contributed by atoms with van der Waals surface area (Å²) < 4.78 is 10.4. The third-order valence-corrected chi connectivity index (χ3v) is 4.42. The van der Waals surface area contributed by atoms with Crippen LogP contribution in [0.3, 0.4) is 0 Å². The minimum absolute atomic E-state index is 0.0552. The number of methoxy groups -OCH3 is 1. The Morgan fingerprint density at radius 2 is 1.83 bits per heavy atom. The molecule has 1 N–H and O–H groups in total. The van der Waals surface area contributed by atoms with E-state index in [1.54, 1.807) is 37.5 Å². The number of benzene rings is 2. The van der Waals surface area contributed by atoms with Crippen LogP contribution in [0, 0.1) is 5.92 Å². The van der Waals surface area contributed by atoms with E-state index in [0.717, 1.165) is 17.5 Å². The molecule has 2 atom stereocenters. The Bertz CT molecular complexity index is 886. The fourth-order valence-corrected chi connectivity index (χ4v) is 2.53. The van der Waals surface area contributed by atoms with Crippen LogP contribution in [0.5, 0.6) is 11.5 Å². The van der Waals surface area contributed by atoms with E-state index < -0.39 is 18.0 Å². The standard InChI is InChI=1S/C23H25NO5/c1-4-16(2)22(23(26)27)24-15-18-8-11-19(12-9-18)29-21(25)13-10-17-6-5-7-20(14-17)28-3/h5-16,22H,4H2,1-3H3,(H,26,27)/b13-10+,24-15?. The van der Waals surface area contributed by atoms with Gasteiger partial charge >= 0.3 is 11.9 Å². The average Bonchev–Trinajstić information content (AvgIpc) is 2.73. The molecule has 2 aromatic carbocycles. The molecule has 2 aromatic rings. The molecular weight excluding hydrogens is 370 g/mol. The number of carbonyl (C=O) groups is 2. The van der Waals surface area contributed by atoms with Crippen molar-refractivity contribution in [3.8, 4) is 11.5 Å². The fraction of sp³-hybridized carbons (Fsp3) is 0.261. The molecule has 0 bridgehead atoms.